The maximum atomic E-state index is 12.1. The van der Waals surface area contributed by atoms with E-state index in [9.17, 15) is 14.7 Å². The average molecular weight is 310 g/mol. The van der Waals surface area contributed by atoms with Gasteiger partial charge < -0.3 is 14.8 Å². The van der Waals surface area contributed by atoms with Crippen molar-refractivity contribution in [1.82, 2.24) is 19.9 Å². The van der Waals surface area contributed by atoms with Crippen LogP contribution < -0.4 is 10.3 Å². The van der Waals surface area contributed by atoms with Crippen LogP contribution in [0.1, 0.15) is 10.4 Å². The first-order chi connectivity index (χ1) is 11.2. The molecule has 0 saturated heterocycles. The summed E-state index contributed by atoms with van der Waals surface area (Å²) in [6, 6.07) is 7.90. The predicted molar refractivity (Wildman–Crippen MR) is 79.5 cm³/mol. The van der Waals surface area contributed by atoms with Crippen LogP contribution >= 0.6 is 0 Å². The molecule has 2 N–H and O–H groups in total. The molecule has 0 bridgehead atoms. The topological polar surface area (TPSA) is 118 Å². The third-order valence-corrected chi connectivity index (χ3v) is 2.89. The van der Waals surface area contributed by atoms with E-state index in [1.54, 1.807) is 18.2 Å². The molecule has 2 aromatic heterocycles. The zero-order chi connectivity index (χ0) is 16.2. The lowest BCUT2D eigenvalue weighted by Crippen LogP contribution is -2.13. The summed E-state index contributed by atoms with van der Waals surface area (Å²) in [4.78, 5) is 37.2. The summed E-state index contributed by atoms with van der Waals surface area (Å²) in [6.45, 7) is 0. The molecular formula is C15H10N4O4. The van der Waals surface area contributed by atoms with Gasteiger partial charge in [0.05, 0.1) is 5.56 Å². The summed E-state index contributed by atoms with van der Waals surface area (Å²) >= 11 is 0. The lowest BCUT2D eigenvalue weighted by Gasteiger charge is -2.08. The number of nitrogens with one attached hydrogen (secondary N) is 1. The normalized spacial score (nSPS) is 10.3. The van der Waals surface area contributed by atoms with E-state index in [4.69, 9.17) is 4.74 Å². The molecule has 0 atom stereocenters. The lowest BCUT2D eigenvalue weighted by atomic mass is 10.2. The summed E-state index contributed by atoms with van der Waals surface area (Å²) in [6.07, 6.45) is 3.54. The Morgan fingerprint density at radius 1 is 1.13 bits per heavy atom. The van der Waals surface area contributed by atoms with Crippen LogP contribution in [-0.2, 0) is 0 Å². The molecule has 0 aliphatic heterocycles. The molecule has 1 aromatic carbocycles. The number of aromatic hydroxyl groups is 1. The molecule has 0 radical (unpaired) electrons. The first-order valence-electron chi connectivity index (χ1n) is 6.52. The molecule has 23 heavy (non-hydrogen) atoms. The van der Waals surface area contributed by atoms with Gasteiger partial charge in [0.15, 0.2) is 17.9 Å². The van der Waals surface area contributed by atoms with Crippen LogP contribution in [0, 0.1) is 0 Å². The van der Waals surface area contributed by atoms with Crippen LogP contribution in [0.5, 0.6) is 17.4 Å². The van der Waals surface area contributed by atoms with Crippen LogP contribution in [0.2, 0.25) is 0 Å². The van der Waals surface area contributed by atoms with Crippen molar-refractivity contribution in [2.24, 2.45) is 0 Å². The average Bonchev–Trinajstić information content (AvgIpc) is 2.59. The van der Waals surface area contributed by atoms with Crippen LogP contribution in [0.15, 0.2) is 47.5 Å². The van der Waals surface area contributed by atoms with Crippen molar-refractivity contribution >= 4 is 6.29 Å². The Balaban J connectivity index is 2.02. The number of H-pyrrole nitrogens is 1. The highest BCUT2D eigenvalue weighted by Crippen LogP contribution is 2.27. The highest BCUT2D eigenvalue weighted by atomic mass is 16.5. The number of nitrogens with zero attached hydrogens (tertiary/aromatic N) is 3. The standard InChI is InChI=1S/C15H10N4O4/c20-8-9-4-1-2-5-10(9)23-11-14(21)18-13(19-15(11)22)12-16-6-3-7-17-12/h1-8H,(H2,18,19,21,22). The number of rotatable bonds is 4. The van der Waals surface area contributed by atoms with Crippen LogP contribution in [0.4, 0.5) is 0 Å². The number of aromatic amines is 1. The summed E-state index contributed by atoms with van der Waals surface area (Å²) in [5.74, 6) is -0.756. The number of ether oxygens (including phenoxy) is 1. The van der Waals surface area contributed by atoms with Crippen LogP contribution in [0.3, 0.4) is 0 Å². The maximum absolute atomic E-state index is 12.1. The Morgan fingerprint density at radius 3 is 2.57 bits per heavy atom. The van der Waals surface area contributed by atoms with Gasteiger partial charge in [0, 0.05) is 12.4 Å². The number of benzene rings is 1. The quantitative estimate of drug-likeness (QED) is 0.701. The van der Waals surface area contributed by atoms with Gasteiger partial charge in [0.1, 0.15) is 5.75 Å². The molecular weight excluding hydrogens is 300 g/mol. The fraction of sp³-hybridized carbons (Fsp3) is 0. The largest absolute Gasteiger partial charge is 0.490 e. The molecule has 0 spiro atoms. The van der Waals surface area contributed by atoms with E-state index in [0.29, 0.717) is 6.29 Å². The van der Waals surface area contributed by atoms with Gasteiger partial charge in [-0.25, -0.2) is 9.97 Å². The lowest BCUT2D eigenvalue weighted by molar-refractivity contribution is 0.112. The number of hydrogen-bond acceptors (Lipinski definition) is 7. The van der Waals surface area contributed by atoms with E-state index in [1.807, 2.05) is 0 Å². The highest BCUT2D eigenvalue weighted by Gasteiger charge is 2.16. The monoisotopic (exact) mass is 310 g/mol. The first-order valence-corrected chi connectivity index (χ1v) is 6.52. The molecule has 0 aliphatic carbocycles. The number of aldehydes is 1. The Labute approximate surface area is 129 Å². The van der Waals surface area contributed by atoms with Gasteiger partial charge in [-0.15, -0.1) is 0 Å². The zero-order valence-corrected chi connectivity index (χ0v) is 11.6. The Kier molecular flexibility index (Phi) is 3.79. The molecule has 8 nitrogen and oxygen atoms in total. The molecule has 8 heteroatoms. The second kappa shape index (κ2) is 6.06. The highest BCUT2D eigenvalue weighted by molar-refractivity contribution is 5.79. The molecule has 114 valence electrons. The molecule has 2 heterocycles. The summed E-state index contributed by atoms with van der Waals surface area (Å²) in [5.41, 5.74) is -0.484. The number of para-hydroxylation sites is 1. The number of carbonyl (C=O) groups is 1. The molecule has 0 aliphatic rings. The summed E-state index contributed by atoms with van der Waals surface area (Å²) < 4.78 is 5.32. The molecule has 0 saturated carbocycles. The van der Waals surface area contributed by atoms with Crippen LogP contribution in [0.25, 0.3) is 11.6 Å². The van der Waals surface area contributed by atoms with E-state index in [0.717, 1.165) is 0 Å². The van der Waals surface area contributed by atoms with Gasteiger partial charge in [-0.1, -0.05) is 12.1 Å². The van der Waals surface area contributed by atoms with Gasteiger partial charge in [-0.05, 0) is 18.2 Å². The second-order valence-corrected chi connectivity index (χ2v) is 4.40. The van der Waals surface area contributed by atoms with E-state index in [2.05, 4.69) is 19.9 Å². The maximum Gasteiger partial charge on any atom is 0.298 e. The third kappa shape index (κ3) is 2.91. The summed E-state index contributed by atoms with van der Waals surface area (Å²) in [5, 5.41) is 9.96. The molecule has 3 aromatic rings. The minimum absolute atomic E-state index is 0.00382. The Morgan fingerprint density at radius 2 is 1.87 bits per heavy atom. The van der Waals surface area contributed by atoms with Gasteiger partial charge in [-0.3, -0.25) is 9.59 Å². The van der Waals surface area contributed by atoms with E-state index in [-0.39, 0.29) is 23.0 Å². The van der Waals surface area contributed by atoms with Crippen molar-refractivity contribution in [2.45, 2.75) is 0 Å². The Hall–Kier alpha value is -3.55. The van der Waals surface area contributed by atoms with Gasteiger partial charge in [-0.2, -0.15) is 4.98 Å². The van der Waals surface area contributed by atoms with E-state index >= 15 is 0 Å². The molecule has 0 amide bonds. The Bertz CT molecular complexity index is 909. The van der Waals surface area contributed by atoms with Crippen molar-refractivity contribution in [3.05, 3.63) is 58.6 Å². The fourth-order valence-corrected chi connectivity index (χ4v) is 1.85. The molecule has 0 unspecified atom stereocenters. The number of aromatic nitrogens is 4. The second-order valence-electron chi connectivity index (χ2n) is 4.40. The predicted octanol–water partition coefficient (Wildman–Crippen LogP) is 1.54. The number of hydrogen-bond donors (Lipinski definition) is 2. The third-order valence-electron chi connectivity index (χ3n) is 2.89. The van der Waals surface area contributed by atoms with Crippen molar-refractivity contribution in [3.8, 4) is 29.0 Å². The minimum Gasteiger partial charge on any atom is -0.490 e. The van der Waals surface area contributed by atoms with Crippen LogP contribution in [-0.4, -0.2) is 31.3 Å². The summed E-state index contributed by atoms with van der Waals surface area (Å²) in [7, 11) is 0. The van der Waals surface area contributed by atoms with E-state index in [1.165, 1.54) is 24.5 Å². The first kappa shape index (κ1) is 14.4. The number of carbonyl (C=O) groups excluding carboxylic acids is 1. The smallest absolute Gasteiger partial charge is 0.298 e. The van der Waals surface area contributed by atoms with Crippen molar-refractivity contribution in [1.29, 1.82) is 0 Å². The van der Waals surface area contributed by atoms with Crippen molar-refractivity contribution < 1.29 is 14.6 Å². The SMILES string of the molecule is O=Cc1ccccc1Oc1c(O)nc(-c2ncccn2)[nH]c1=O. The zero-order valence-electron chi connectivity index (χ0n) is 11.6. The van der Waals surface area contributed by atoms with Gasteiger partial charge in [0.2, 0.25) is 0 Å². The van der Waals surface area contributed by atoms with Gasteiger partial charge >= 0.3 is 0 Å². The van der Waals surface area contributed by atoms with Gasteiger partial charge in [0.25, 0.3) is 17.2 Å². The molecule has 0 fully saturated rings. The molecule has 3 rings (SSSR count). The minimum atomic E-state index is -0.722. The van der Waals surface area contributed by atoms with Crippen molar-refractivity contribution in [3.63, 3.8) is 0 Å². The van der Waals surface area contributed by atoms with E-state index < -0.39 is 17.2 Å². The fourth-order valence-electron chi connectivity index (χ4n) is 1.85. The van der Waals surface area contributed by atoms with Crippen molar-refractivity contribution in [2.75, 3.05) is 0 Å².